The number of aryl methyl sites for hydroxylation is 1. The van der Waals surface area contributed by atoms with Crippen molar-refractivity contribution in [3.8, 4) is 5.75 Å². The van der Waals surface area contributed by atoms with Crippen LogP contribution in [0.2, 0.25) is 0 Å². The first-order valence-corrected chi connectivity index (χ1v) is 8.03. The van der Waals surface area contributed by atoms with E-state index in [1.165, 1.54) is 5.56 Å². The van der Waals surface area contributed by atoms with E-state index < -0.39 is 6.10 Å². The van der Waals surface area contributed by atoms with E-state index in [4.69, 9.17) is 10.5 Å². The smallest absolute Gasteiger partial charge is 0.193 e. The summed E-state index contributed by atoms with van der Waals surface area (Å²) in [6.07, 6.45) is -0.736. The predicted molar refractivity (Wildman–Crippen MR) is 96.9 cm³/mol. The van der Waals surface area contributed by atoms with Gasteiger partial charge in [-0.1, -0.05) is 29.8 Å². The van der Waals surface area contributed by atoms with Gasteiger partial charge in [0.15, 0.2) is 5.96 Å². The fourth-order valence-electron chi connectivity index (χ4n) is 1.83. The minimum Gasteiger partial charge on any atom is -0.490 e. The molecule has 0 radical (unpaired) electrons. The standard InChI is InChI=1S/C17H20BrN3O2/c1-12-6-8-13(9-7-12)21-17(19)20-10-14(22)11-23-16-5-3-2-4-15(16)18/h2-9,14,22H,10-11H2,1H3,(H3,19,20,21). The summed E-state index contributed by atoms with van der Waals surface area (Å²) in [6, 6.07) is 15.3. The molecule has 0 spiro atoms. The molecule has 0 heterocycles. The van der Waals surface area contributed by atoms with E-state index in [2.05, 4.69) is 26.2 Å². The van der Waals surface area contributed by atoms with E-state index in [0.29, 0.717) is 5.75 Å². The van der Waals surface area contributed by atoms with Crippen molar-refractivity contribution in [2.75, 3.05) is 18.5 Å². The molecule has 23 heavy (non-hydrogen) atoms. The number of nitrogens with one attached hydrogen (secondary N) is 1. The number of rotatable bonds is 6. The lowest BCUT2D eigenvalue weighted by molar-refractivity contribution is 0.114. The number of nitrogens with two attached hydrogens (primary N) is 1. The van der Waals surface area contributed by atoms with Crippen LogP contribution in [0.4, 0.5) is 5.69 Å². The number of anilines is 1. The van der Waals surface area contributed by atoms with Crippen molar-refractivity contribution in [3.63, 3.8) is 0 Å². The minimum absolute atomic E-state index is 0.143. The third-order valence-corrected chi connectivity index (χ3v) is 3.72. The normalized spacial score (nSPS) is 12.7. The molecule has 2 rings (SSSR count). The van der Waals surface area contributed by atoms with Gasteiger partial charge in [0.1, 0.15) is 18.5 Å². The highest BCUT2D eigenvalue weighted by atomic mass is 79.9. The third kappa shape index (κ3) is 5.92. The molecule has 0 aliphatic heterocycles. The molecular formula is C17H20BrN3O2. The lowest BCUT2D eigenvalue weighted by Crippen LogP contribution is -2.27. The van der Waals surface area contributed by atoms with Gasteiger partial charge in [-0.05, 0) is 47.1 Å². The first-order chi connectivity index (χ1) is 11.0. The number of aliphatic hydroxyl groups excluding tert-OH is 1. The monoisotopic (exact) mass is 377 g/mol. The van der Waals surface area contributed by atoms with Crippen LogP contribution in [0.3, 0.4) is 0 Å². The number of hydrogen-bond donors (Lipinski definition) is 3. The summed E-state index contributed by atoms with van der Waals surface area (Å²) in [5, 5.41) is 12.9. The second kappa shape index (κ2) is 8.55. The van der Waals surface area contributed by atoms with E-state index in [0.717, 1.165) is 10.2 Å². The molecule has 0 bridgehead atoms. The number of halogens is 1. The van der Waals surface area contributed by atoms with Crippen molar-refractivity contribution >= 4 is 27.6 Å². The van der Waals surface area contributed by atoms with E-state index in [1.54, 1.807) is 0 Å². The van der Waals surface area contributed by atoms with Crippen LogP contribution in [0.1, 0.15) is 5.56 Å². The number of hydrogen-bond acceptors (Lipinski definition) is 3. The Balaban J connectivity index is 1.79. The third-order valence-electron chi connectivity index (χ3n) is 3.06. The Labute approximate surface area is 144 Å². The Morgan fingerprint density at radius 1 is 1.26 bits per heavy atom. The zero-order valence-corrected chi connectivity index (χ0v) is 14.5. The Hall–Kier alpha value is -2.05. The Bertz CT molecular complexity index is 659. The van der Waals surface area contributed by atoms with Gasteiger partial charge in [-0.3, -0.25) is 4.99 Å². The molecule has 0 aliphatic rings. The highest BCUT2D eigenvalue weighted by Crippen LogP contribution is 2.23. The molecule has 1 unspecified atom stereocenters. The fraction of sp³-hybridized carbons (Fsp3) is 0.235. The van der Waals surface area contributed by atoms with Gasteiger partial charge in [0.05, 0.1) is 11.0 Å². The topological polar surface area (TPSA) is 79.9 Å². The maximum atomic E-state index is 9.92. The SMILES string of the molecule is Cc1ccc(NC(N)=NCC(O)COc2ccccc2Br)cc1. The predicted octanol–water partition coefficient (Wildman–Crippen LogP) is 2.92. The molecule has 0 saturated carbocycles. The largest absolute Gasteiger partial charge is 0.490 e. The summed E-state index contributed by atoms with van der Waals surface area (Å²) in [6.45, 7) is 2.32. The molecule has 0 aliphatic carbocycles. The number of guanidine groups is 1. The second-order valence-electron chi connectivity index (χ2n) is 5.11. The number of aliphatic imine (C=N–C) groups is 1. The summed E-state index contributed by atoms with van der Waals surface area (Å²) in [5.74, 6) is 0.940. The van der Waals surface area contributed by atoms with Crippen LogP contribution in [0.15, 0.2) is 58.0 Å². The Kier molecular flexibility index (Phi) is 6.43. The molecule has 0 fully saturated rings. The van der Waals surface area contributed by atoms with Crippen molar-refractivity contribution in [3.05, 3.63) is 58.6 Å². The number of para-hydroxylation sites is 1. The van der Waals surface area contributed by atoms with Crippen LogP contribution in [0, 0.1) is 6.92 Å². The van der Waals surface area contributed by atoms with Crippen molar-refractivity contribution in [1.29, 1.82) is 0 Å². The van der Waals surface area contributed by atoms with Crippen LogP contribution in [-0.4, -0.2) is 30.3 Å². The van der Waals surface area contributed by atoms with E-state index in [1.807, 2.05) is 55.5 Å². The summed E-state index contributed by atoms with van der Waals surface area (Å²) in [4.78, 5) is 4.12. The summed E-state index contributed by atoms with van der Waals surface area (Å²) >= 11 is 3.39. The Morgan fingerprint density at radius 2 is 1.96 bits per heavy atom. The first kappa shape index (κ1) is 17.3. The molecule has 6 heteroatoms. The van der Waals surface area contributed by atoms with Crippen LogP contribution < -0.4 is 15.8 Å². The van der Waals surface area contributed by atoms with E-state index >= 15 is 0 Å². The van der Waals surface area contributed by atoms with Crippen molar-refractivity contribution < 1.29 is 9.84 Å². The van der Waals surface area contributed by atoms with Crippen molar-refractivity contribution in [1.82, 2.24) is 0 Å². The lowest BCUT2D eigenvalue weighted by atomic mass is 10.2. The van der Waals surface area contributed by atoms with Gasteiger partial charge in [-0.25, -0.2) is 0 Å². The molecular weight excluding hydrogens is 358 g/mol. The molecule has 0 saturated heterocycles. The number of aliphatic hydroxyl groups is 1. The summed E-state index contributed by atoms with van der Waals surface area (Å²) in [5.41, 5.74) is 7.83. The van der Waals surface area contributed by atoms with Gasteiger partial charge in [-0.15, -0.1) is 0 Å². The van der Waals surface area contributed by atoms with E-state index in [-0.39, 0.29) is 19.1 Å². The molecule has 122 valence electrons. The highest BCUT2D eigenvalue weighted by molar-refractivity contribution is 9.10. The van der Waals surface area contributed by atoms with Crippen LogP contribution in [0.5, 0.6) is 5.75 Å². The number of ether oxygens (including phenoxy) is 1. The summed E-state index contributed by atoms with van der Waals surface area (Å²) < 4.78 is 6.38. The quantitative estimate of drug-likeness (QED) is 0.534. The summed E-state index contributed by atoms with van der Waals surface area (Å²) in [7, 11) is 0. The molecule has 1 atom stereocenters. The average Bonchev–Trinajstić information content (AvgIpc) is 2.54. The van der Waals surface area contributed by atoms with Gasteiger partial charge in [0, 0.05) is 5.69 Å². The van der Waals surface area contributed by atoms with Crippen molar-refractivity contribution in [2.45, 2.75) is 13.0 Å². The molecule has 0 aromatic heterocycles. The fourth-order valence-corrected chi connectivity index (χ4v) is 2.23. The van der Waals surface area contributed by atoms with Crippen LogP contribution in [-0.2, 0) is 0 Å². The second-order valence-corrected chi connectivity index (χ2v) is 5.97. The van der Waals surface area contributed by atoms with Crippen LogP contribution >= 0.6 is 15.9 Å². The first-order valence-electron chi connectivity index (χ1n) is 7.23. The Morgan fingerprint density at radius 3 is 2.65 bits per heavy atom. The molecule has 0 amide bonds. The zero-order valence-electron chi connectivity index (χ0n) is 12.9. The van der Waals surface area contributed by atoms with Crippen molar-refractivity contribution in [2.24, 2.45) is 10.7 Å². The molecule has 5 nitrogen and oxygen atoms in total. The maximum absolute atomic E-state index is 9.92. The molecule has 2 aromatic rings. The van der Waals surface area contributed by atoms with Gasteiger partial charge < -0.3 is 20.9 Å². The van der Waals surface area contributed by atoms with Gasteiger partial charge in [0.25, 0.3) is 0 Å². The minimum atomic E-state index is -0.736. The average molecular weight is 378 g/mol. The van der Waals surface area contributed by atoms with Gasteiger partial charge in [0.2, 0.25) is 0 Å². The van der Waals surface area contributed by atoms with Gasteiger partial charge in [-0.2, -0.15) is 0 Å². The van der Waals surface area contributed by atoms with E-state index in [9.17, 15) is 5.11 Å². The molecule has 2 aromatic carbocycles. The lowest BCUT2D eigenvalue weighted by Gasteiger charge is -2.12. The van der Waals surface area contributed by atoms with Gasteiger partial charge >= 0.3 is 0 Å². The zero-order chi connectivity index (χ0) is 16.7. The maximum Gasteiger partial charge on any atom is 0.193 e. The number of benzene rings is 2. The van der Waals surface area contributed by atoms with Crippen LogP contribution in [0.25, 0.3) is 0 Å². The highest BCUT2D eigenvalue weighted by Gasteiger charge is 2.07. The number of nitrogens with zero attached hydrogens (tertiary/aromatic N) is 1. The molecule has 4 N–H and O–H groups in total.